The fourth-order valence-electron chi connectivity index (χ4n) is 1.30. The van der Waals surface area contributed by atoms with E-state index in [4.69, 9.17) is 0 Å². The Morgan fingerprint density at radius 1 is 1.35 bits per heavy atom. The lowest BCUT2D eigenvalue weighted by atomic mass is 10.3. The number of nitrogens with zero attached hydrogens (tertiary/aromatic N) is 2. The molecule has 1 aromatic carbocycles. The molecule has 0 saturated carbocycles. The molecule has 1 heterocycles. The number of anilines is 1. The molecule has 0 saturated heterocycles. The number of nitrogens with one attached hydrogen (secondary N) is 1. The number of carbonyl (C=O) groups excluding carboxylic acids is 1. The van der Waals surface area contributed by atoms with Gasteiger partial charge in [-0.3, -0.25) is 4.79 Å². The predicted molar refractivity (Wildman–Crippen MR) is 70.8 cm³/mol. The van der Waals surface area contributed by atoms with Gasteiger partial charge in [0.1, 0.15) is 4.88 Å². The van der Waals surface area contributed by atoms with E-state index >= 15 is 0 Å². The van der Waals surface area contributed by atoms with Crippen LogP contribution in [0.5, 0.6) is 0 Å². The Kier molecular flexibility index (Phi) is 3.75. The summed E-state index contributed by atoms with van der Waals surface area (Å²) in [6.45, 7) is 1.77. The zero-order valence-corrected chi connectivity index (χ0v) is 11.1. The number of benzene rings is 1. The monoisotopic (exact) mass is 265 g/mol. The number of rotatable bonds is 3. The van der Waals surface area contributed by atoms with Crippen molar-refractivity contribution in [2.75, 3.05) is 11.6 Å². The van der Waals surface area contributed by atoms with Crippen LogP contribution in [0, 0.1) is 6.92 Å². The van der Waals surface area contributed by atoms with Crippen molar-refractivity contribution >= 4 is 34.9 Å². The van der Waals surface area contributed by atoms with Gasteiger partial charge in [0.25, 0.3) is 5.91 Å². The lowest BCUT2D eigenvalue weighted by Gasteiger charge is -2.04. The first-order valence-corrected chi connectivity index (χ1v) is 6.95. The highest BCUT2D eigenvalue weighted by molar-refractivity contribution is 7.98. The van der Waals surface area contributed by atoms with Gasteiger partial charge in [0.05, 0.1) is 5.69 Å². The number of aryl methyl sites for hydroxylation is 1. The molecule has 0 spiro atoms. The first-order chi connectivity index (χ1) is 8.20. The molecule has 0 unspecified atom stereocenters. The Morgan fingerprint density at radius 2 is 2.06 bits per heavy atom. The van der Waals surface area contributed by atoms with Crippen molar-refractivity contribution in [1.82, 2.24) is 9.59 Å². The van der Waals surface area contributed by atoms with E-state index in [2.05, 4.69) is 14.9 Å². The minimum atomic E-state index is -0.158. The van der Waals surface area contributed by atoms with Crippen molar-refractivity contribution < 1.29 is 4.79 Å². The highest BCUT2D eigenvalue weighted by Gasteiger charge is 2.12. The first kappa shape index (κ1) is 12.1. The van der Waals surface area contributed by atoms with Crippen molar-refractivity contribution in [1.29, 1.82) is 0 Å². The zero-order valence-electron chi connectivity index (χ0n) is 9.43. The van der Waals surface area contributed by atoms with Gasteiger partial charge < -0.3 is 5.32 Å². The summed E-state index contributed by atoms with van der Waals surface area (Å²) in [4.78, 5) is 13.6. The second-order valence-electron chi connectivity index (χ2n) is 3.37. The van der Waals surface area contributed by atoms with Crippen molar-refractivity contribution in [3.05, 3.63) is 34.8 Å². The summed E-state index contributed by atoms with van der Waals surface area (Å²) in [6.07, 6.45) is 2.01. The molecule has 4 nitrogen and oxygen atoms in total. The lowest BCUT2D eigenvalue weighted by Crippen LogP contribution is -2.11. The van der Waals surface area contributed by atoms with Crippen molar-refractivity contribution in [3.63, 3.8) is 0 Å². The smallest absolute Gasteiger partial charge is 0.269 e. The SMILES string of the molecule is CSc1ccc(NC(=O)c2snnc2C)cc1. The molecule has 1 N–H and O–H groups in total. The summed E-state index contributed by atoms with van der Waals surface area (Å²) < 4.78 is 3.74. The topological polar surface area (TPSA) is 54.9 Å². The fourth-order valence-corrected chi connectivity index (χ4v) is 2.26. The van der Waals surface area contributed by atoms with E-state index < -0.39 is 0 Å². The van der Waals surface area contributed by atoms with Crippen LogP contribution in [-0.2, 0) is 0 Å². The van der Waals surface area contributed by atoms with Crippen LogP contribution in [0.2, 0.25) is 0 Å². The summed E-state index contributed by atoms with van der Waals surface area (Å²) in [5.74, 6) is -0.158. The maximum Gasteiger partial charge on any atom is 0.269 e. The van der Waals surface area contributed by atoms with E-state index in [1.54, 1.807) is 18.7 Å². The van der Waals surface area contributed by atoms with Crippen LogP contribution in [0.25, 0.3) is 0 Å². The van der Waals surface area contributed by atoms with Gasteiger partial charge in [-0.1, -0.05) is 4.49 Å². The van der Waals surface area contributed by atoms with Gasteiger partial charge in [-0.2, -0.15) is 0 Å². The van der Waals surface area contributed by atoms with E-state index in [-0.39, 0.29) is 5.91 Å². The van der Waals surface area contributed by atoms with Gasteiger partial charge >= 0.3 is 0 Å². The average molecular weight is 265 g/mol. The van der Waals surface area contributed by atoms with Crippen LogP contribution in [-0.4, -0.2) is 21.7 Å². The quantitative estimate of drug-likeness (QED) is 0.867. The van der Waals surface area contributed by atoms with Gasteiger partial charge in [0, 0.05) is 10.6 Å². The molecule has 88 valence electrons. The van der Waals surface area contributed by atoms with Gasteiger partial charge in [0.2, 0.25) is 0 Å². The average Bonchev–Trinajstić information content (AvgIpc) is 2.76. The Morgan fingerprint density at radius 3 is 2.59 bits per heavy atom. The fraction of sp³-hybridized carbons (Fsp3) is 0.182. The molecule has 0 aliphatic rings. The molecule has 6 heteroatoms. The third kappa shape index (κ3) is 2.83. The van der Waals surface area contributed by atoms with Crippen molar-refractivity contribution in [3.8, 4) is 0 Å². The Labute approximate surface area is 108 Å². The largest absolute Gasteiger partial charge is 0.321 e. The molecular formula is C11H11N3OS2. The van der Waals surface area contributed by atoms with Gasteiger partial charge in [-0.15, -0.1) is 16.9 Å². The number of carbonyl (C=O) groups is 1. The molecule has 0 aliphatic carbocycles. The maximum absolute atomic E-state index is 11.9. The van der Waals surface area contributed by atoms with E-state index in [1.165, 1.54) is 4.90 Å². The molecule has 0 fully saturated rings. The normalized spacial score (nSPS) is 10.2. The minimum absolute atomic E-state index is 0.158. The highest BCUT2D eigenvalue weighted by atomic mass is 32.2. The summed E-state index contributed by atoms with van der Waals surface area (Å²) >= 11 is 2.77. The van der Waals surface area contributed by atoms with Crippen LogP contribution in [0.1, 0.15) is 15.4 Å². The summed E-state index contributed by atoms with van der Waals surface area (Å²) in [5.41, 5.74) is 1.44. The minimum Gasteiger partial charge on any atom is -0.321 e. The summed E-state index contributed by atoms with van der Waals surface area (Å²) in [7, 11) is 0. The molecule has 1 aromatic heterocycles. The summed E-state index contributed by atoms with van der Waals surface area (Å²) in [6, 6.07) is 7.71. The van der Waals surface area contributed by atoms with E-state index in [9.17, 15) is 4.79 Å². The molecule has 0 radical (unpaired) electrons. The molecule has 2 aromatic rings. The number of hydrogen-bond acceptors (Lipinski definition) is 5. The van der Waals surface area contributed by atoms with E-state index in [1.807, 2.05) is 30.5 Å². The second kappa shape index (κ2) is 5.29. The van der Waals surface area contributed by atoms with Crippen LogP contribution >= 0.6 is 23.3 Å². The molecule has 0 bridgehead atoms. The van der Waals surface area contributed by atoms with Crippen LogP contribution in [0.3, 0.4) is 0 Å². The molecule has 17 heavy (non-hydrogen) atoms. The number of aromatic nitrogens is 2. The molecule has 0 aliphatic heterocycles. The summed E-state index contributed by atoms with van der Waals surface area (Å²) in [5, 5.41) is 6.63. The third-order valence-electron chi connectivity index (χ3n) is 2.21. The number of amides is 1. The van der Waals surface area contributed by atoms with Crippen molar-refractivity contribution in [2.45, 2.75) is 11.8 Å². The number of hydrogen-bond donors (Lipinski definition) is 1. The molecule has 2 rings (SSSR count). The standard InChI is InChI=1S/C11H11N3OS2/c1-7-10(17-14-13-7)11(15)12-8-3-5-9(16-2)6-4-8/h3-6H,1-2H3,(H,12,15). The zero-order chi connectivity index (χ0) is 12.3. The Balaban J connectivity index is 2.10. The van der Waals surface area contributed by atoms with Gasteiger partial charge in [-0.25, -0.2) is 0 Å². The Hall–Kier alpha value is -1.40. The van der Waals surface area contributed by atoms with Crippen LogP contribution in [0.4, 0.5) is 5.69 Å². The van der Waals surface area contributed by atoms with E-state index in [0.717, 1.165) is 17.2 Å². The van der Waals surface area contributed by atoms with Crippen LogP contribution < -0.4 is 5.32 Å². The number of thioether (sulfide) groups is 1. The second-order valence-corrected chi connectivity index (χ2v) is 5.00. The molecule has 0 atom stereocenters. The first-order valence-electron chi connectivity index (χ1n) is 4.95. The molecule has 1 amide bonds. The van der Waals surface area contributed by atoms with Gasteiger partial charge in [-0.05, 0) is 49.0 Å². The van der Waals surface area contributed by atoms with Crippen molar-refractivity contribution in [2.24, 2.45) is 0 Å². The predicted octanol–water partition coefficient (Wildman–Crippen LogP) is 2.82. The highest BCUT2D eigenvalue weighted by Crippen LogP contribution is 2.18. The maximum atomic E-state index is 11.9. The van der Waals surface area contributed by atoms with Gasteiger partial charge in [0.15, 0.2) is 0 Å². The molecular weight excluding hydrogens is 254 g/mol. The third-order valence-corrected chi connectivity index (χ3v) is 3.78. The van der Waals surface area contributed by atoms with Crippen LogP contribution in [0.15, 0.2) is 29.2 Å². The Bertz CT molecular complexity index is 522. The lowest BCUT2D eigenvalue weighted by molar-refractivity contribution is 0.103. The van der Waals surface area contributed by atoms with E-state index in [0.29, 0.717) is 10.6 Å².